The Balaban J connectivity index is 1.20. The van der Waals surface area contributed by atoms with Gasteiger partial charge in [0.2, 0.25) is 5.95 Å². The summed E-state index contributed by atoms with van der Waals surface area (Å²) in [5.74, 6) is 0.681. The van der Waals surface area contributed by atoms with Gasteiger partial charge in [-0.15, -0.1) is 0 Å². The second-order valence-electron chi connectivity index (χ2n) is 13.0. The van der Waals surface area contributed by atoms with Crippen LogP contribution in [0.4, 0.5) is 0 Å². The van der Waals surface area contributed by atoms with Gasteiger partial charge in [0.15, 0.2) is 0 Å². The van der Waals surface area contributed by atoms with Crippen LogP contribution in [0.15, 0.2) is 140 Å². The predicted molar refractivity (Wildman–Crippen MR) is 192 cm³/mol. The molecule has 3 nitrogen and oxygen atoms in total. The van der Waals surface area contributed by atoms with E-state index in [9.17, 15) is 0 Å². The van der Waals surface area contributed by atoms with Crippen LogP contribution in [0, 0.1) is 0 Å². The molecule has 0 saturated heterocycles. The molecule has 7 aromatic carbocycles. The number of aromatic nitrogens is 3. The number of para-hydroxylation sites is 1. The molecule has 0 aliphatic heterocycles. The van der Waals surface area contributed by atoms with E-state index in [4.69, 9.17) is 9.97 Å². The maximum absolute atomic E-state index is 5.26. The summed E-state index contributed by atoms with van der Waals surface area (Å²) in [4.78, 5) is 10.1. The van der Waals surface area contributed by atoms with Gasteiger partial charge < -0.3 is 0 Å². The van der Waals surface area contributed by atoms with Crippen molar-refractivity contribution in [2.75, 3.05) is 0 Å². The molecule has 46 heavy (non-hydrogen) atoms. The van der Waals surface area contributed by atoms with Crippen LogP contribution in [0.25, 0.3) is 82.5 Å². The molecule has 0 spiro atoms. The average molecular weight is 588 g/mol. The quantitative estimate of drug-likeness (QED) is 0.188. The van der Waals surface area contributed by atoms with Crippen molar-refractivity contribution in [2.24, 2.45) is 0 Å². The lowest BCUT2D eigenvalue weighted by Gasteiger charge is -2.21. The number of fused-ring (bicyclic) bond motifs is 12. The molecule has 0 N–H and O–H groups in total. The van der Waals surface area contributed by atoms with E-state index in [1.807, 2.05) is 12.3 Å². The smallest absolute Gasteiger partial charge is 0.235 e. The Morgan fingerprint density at radius 2 is 1.11 bits per heavy atom. The summed E-state index contributed by atoms with van der Waals surface area (Å²) in [5, 5.41) is 10.0. The first-order valence-electron chi connectivity index (χ1n) is 15.9. The van der Waals surface area contributed by atoms with Crippen molar-refractivity contribution < 1.29 is 0 Å². The van der Waals surface area contributed by atoms with Crippen molar-refractivity contribution in [3.05, 3.63) is 151 Å². The standard InChI is InChI=1S/C43H29N3/c1-43(2)37-17-9-7-15-32(37)35-24-36-33-16-8-10-18-40(33)46(41(36)25-38(35)43)42-44-22-21-39(45-42)26-19-20-31-29-13-4-3-11-27(29)28-12-5-6-14-30(28)34(31)23-26/h3-25H,1-2H3. The van der Waals surface area contributed by atoms with Gasteiger partial charge >= 0.3 is 0 Å². The molecule has 216 valence electrons. The minimum Gasteiger partial charge on any atom is -0.278 e. The molecular formula is C43H29N3. The second kappa shape index (κ2) is 9.12. The third-order valence-corrected chi connectivity index (χ3v) is 10.3. The van der Waals surface area contributed by atoms with Crippen LogP contribution in [0.5, 0.6) is 0 Å². The van der Waals surface area contributed by atoms with E-state index in [2.05, 4.69) is 146 Å². The van der Waals surface area contributed by atoms with Crippen molar-refractivity contribution in [1.29, 1.82) is 0 Å². The van der Waals surface area contributed by atoms with Gasteiger partial charge in [-0.25, -0.2) is 9.97 Å². The van der Waals surface area contributed by atoms with E-state index < -0.39 is 0 Å². The fraction of sp³-hybridized carbons (Fsp3) is 0.0698. The number of rotatable bonds is 2. The van der Waals surface area contributed by atoms with E-state index >= 15 is 0 Å². The molecule has 3 heteroatoms. The molecular weight excluding hydrogens is 558 g/mol. The monoisotopic (exact) mass is 587 g/mol. The first kappa shape index (κ1) is 25.5. The first-order chi connectivity index (χ1) is 22.6. The first-order valence-corrected chi connectivity index (χ1v) is 15.9. The van der Waals surface area contributed by atoms with E-state index in [0.29, 0.717) is 5.95 Å². The van der Waals surface area contributed by atoms with Gasteiger partial charge in [-0.3, -0.25) is 4.57 Å². The van der Waals surface area contributed by atoms with Crippen LogP contribution in [0.3, 0.4) is 0 Å². The molecule has 0 amide bonds. The van der Waals surface area contributed by atoms with E-state index in [0.717, 1.165) is 22.3 Å². The summed E-state index contributed by atoms with van der Waals surface area (Å²) >= 11 is 0. The van der Waals surface area contributed by atoms with Gasteiger partial charge in [0.1, 0.15) is 0 Å². The lowest BCUT2D eigenvalue weighted by Crippen LogP contribution is -2.15. The van der Waals surface area contributed by atoms with E-state index in [1.165, 1.54) is 65.3 Å². The largest absolute Gasteiger partial charge is 0.278 e. The average Bonchev–Trinajstić information content (AvgIpc) is 3.55. The summed E-state index contributed by atoms with van der Waals surface area (Å²) < 4.78 is 2.25. The van der Waals surface area contributed by atoms with Crippen molar-refractivity contribution in [3.8, 4) is 28.3 Å². The molecule has 9 aromatic rings. The Kier molecular flexibility index (Phi) is 5.06. The summed E-state index contributed by atoms with van der Waals surface area (Å²) in [5.41, 5.74) is 9.51. The third kappa shape index (κ3) is 3.37. The van der Waals surface area contributed by atoms with Gasteiger partial charge in [-0.05, 0) is 84.9 Å². The van der Waals surface area contributed by atoms with Crippen LogP contribution in [0.1, 0.15) is 25.0 Å². The SMILES string of the molecule is CC1(C)c2ccccc2-c2cc3c4ccccc4n(-c4nccc(-c5ccc6c7ccccc7c7ccccc7c6c5)n4)c3cc21. The van der Waals surface area contributed by atoms with Crippen LogP contribution in [-0.2, 0) is 5.41 Å². The topological polar surface area (TPSA) is 30.7 Å². The molecule has 0 atom stereocenters. The maximum atomic E-state index is 5.26. The molecule has 0 radical (unpaired) electrons. The number of nitrogens with zero attached hydrogens (tertiary/aromatic N) is 3. The molecule has 0 unspecified atom stereocenters. The van der Waals surface area contributed by atoms with E-state index in [1.54, 1.807) is 0 Å². The Hall–Kier alpha value is -5.80. The normalized spacial score (nSPS) is 13.6. The highest BCUT2D eigenvalue weighted by Gasteiger charge is 2.36. The number of hydrogen-bond donors (Lipinski definition) is 0. The summed E-state index contributed by atoms with van der Waals surface area (Å²) in [6.45, 7) is 4.67. The zero-order valence-electron chi connectivity index (χ0n) is 25.6. The molecule has 2 aromatic heterocycles. The fourth-order valence-electron chi connectivity index (χ4n) is 8.06. The molecule has 1 aliphatic carbocycles. The minimum absolute atomic E-state index is 0.0951. The Morgan fingerprint density at radius 1 is 0.478 bits per heavy atom. The highest BCUT2D eigenvalue weighted by molar-refractivity contribution is 6.25. The summed E-state index contributed by atoms with van der Waals surface area (Å²) in [7, 11) is 0. The molecule has 0 saturated carbocycles. The van der Waals surface area contributed by atoms with Gasteiger partial charge in [0.05, 0.1) is 16.7 Å². The maximum Gasteiger partial charge on any atom is 0.235 e. The molecule has 1 aliphatic rings. The lowest BCUT2D eigenvalue weighted by atomic mass is 9.82. The summed E-state index contributed by atoms with van der Waals surface area (Å²) in [6, 6.07) is 48.4. The third-order valence-electron chi connectivity index (χ3n) is 10.3. The van der Waals surface area contributed by atoms with Gasteiger partial charge in [0.25, 0.3) is 0 Å². The predicted octanol–water partition coefficient (Wildman–Crippen LogP) is 11.0. The molecule has 0 fully saturated rings. The Bertz CT molecular complexity index is 2690. The minimum atomic E-state index is -0.0951. The van der Waals surface area contributed by atoms with Gasteiger partial charge in [-0.1, -0.05) is 117 Å². The van der Waals surface area contributed by atoms with Crippen molar-refractivity contribution in [3.63, 3.8) is 0 Å². The van der Waals surface area contributed by atoms with Gasteiger partial charge in [-0.2, -0.15) is 0 Å². The molecule has 10 rings (SSSR count). The lowest BCUT2D eigenvalue weighted by molar-refractivity contribution is 0.661. The van der Waals surface area contributed by atoms with Crippen LogP contribution in [0.2, 0.25) is 0 Å². The van der Waals surface area contributed by atoms with Crippen molar-refractivity contribution in [1.82, 2.24) is 14.5 Å². The highest BCUT2D eigenvalue weighted by Crippen LogP contribution is 2.51. The van der Waals surface area contributed by atoms with Crippen molar-refractivity contribution >= 4 is 54.1 Å². The highest BCUT2D eigenvalue weighted by atomic mass is 15.2. The summed E-state index contributed by atoms with van der Waals surface area (Å²) in [6.07, 6.45) is 1.90. The van der Waals surface area contributed by atoms with Crippen LogP contribution >= 0.6 is 0 Å². The van der Waals surface area contributed by atoms with Crippen LogP contribution < -0.4 is 0 Å². The van der Waals surface area contributed by atoms with Gasteiger partial charge in [0, 0.05) is 27.9 Å². The zero-order chi connectivity index (χ0) is 30.6. The second-order valence-corrected chi connectivity index (χ2v) is 13.0. The van der Waals surface area contributed by atoms with Crippen molar-refractivity contribution in [2.45, 2.75) is 19.3 Å². The Labute approximate surface area is 266 Å². The number of benzene rings is 7. The van der Waals surface area contributed by atoms with Crippen LogP contribution in [-0.4, -0.2) is 14.5 Å². The van der Waals surface area contributed by atoms with E-state index in [-0.39, 0.29) is 5.41 Å². The molecule has 0 bridgehead atoms. The number of hydrogen-bond acceptors (Lipinski definition) is 2. The Morgan fingerprint density at radius 3 is 1.87 bits per heavy atom. The zero-order valence-corrected chi connectivity index (χ0v) is 25.6. The molecule has 2 heterocycles. The fourth-order valence-corrected chi connectivity index (χ4v) is 8.06.